The molecule has 3 rings (SSSR count). The van der Waals surface area contributed by atoms with Gasteiger partial charge in [0.2, 0.25) is 0 Å². The number of carbonyl (C=O) groups is 1. The lowest BCUT2D eigenvalue weighted by atomic mass is 10.1. The van der Waals surface area contributed by atoms with Gasteiger partial charge in [-0.15, -0.1) is 0 Å². The number of benzene rings is 2. The highest BCUT2D eigenvalue weighted by Gasteiger charge is 2.03. The SMILES string of the molecule is CC(=O)Oc1ccccc1/C=C/c1cc(=O)c2ccccc2[nH]1. The van der Waals surface area contributed by atoms with Crippen molar-refractivity contribution in [1.82, 2.24) is 4.98 Å². The van der Waals surface area contributed by atoms with Crippen molar-refractivity contribution in [2.24, 2.45) is 0 Å². The predicted molar refractivity (Wildman–Crippen MR) is 91.2 cm³/mol. The molecule has 0 atom stereocenters. The molecule has 4 heteroatoms. The second-order valence-corrected chi connectivity index (χ2v) is 5.10. The lowest BCUT2D eigenvalue weighted by Crippen LogP contribution is -2.03. The molecule has 0 bridgehead atoms. The van der Waals surface area contributed by atoms with Gasteiger partial charge < -0.3 is 9.72 Å². The third-order valence-electron chi connectivity index (χ3n) is 3.37. The summed E-state index contributed by atoms with van der Waals surface area (Å²) in [5, 5.41) is 0.657. The van der Waals surface area contributed by atoms with Crippen molar-refractivity contribution in [2.45, 2.75) is 6.92 Å². The maximum atomic E-state index is 12.1. The second-order valence-electron chi connectivity index (χ2n) is 5.10. The van der Waals surface area contributed by atoms with Crippen LogP contribution in [-0.4, -0.2) is 11.0 Å². The van der Waals surface area contributed by atoms with E-state index in [2.05, 4.69) is 4.98 Å². The number of ether oxygens (including phenoxy) is 1. The molecule has 0 aliphatic rings. The molecule has 1 N–H and O–H groups in total. The van der Waals surface area contributed by atoms with Gasteiger partial charge in [-0.25, -0.2) is 0 Å². The number of fused-ring (bicyclic) bond motifs is 1. The van der Waals surface area contributed by atoms with Crippen LogP contribution in [0.5, 0.6) is 5.75 Å². The number of aromatic amines is 1. The average Bonchev–Trinajstić information content (AvgIpc) is 2.54. The van der Waals surface area contributed by atoms with Crippen molar-refractivity contribution in [3.8, 4) is 5.75 Å². The molecule has 4 nitrogen and oxygen atoms in total. The zero-order chi connectivity index (χ0) is 16.2. The number of H-pyrrole nitrogens is 1. The van der Waals surface area contributed by atoms with Gasteiger partial charge in [0.15, 0.2) is 5.43 Å². The smallest absolute Gasteiger partial charge is 0.308 e. The Balaban J connectivity index is 1.98. The number of para-hydroxylation sites is 2. The molecule has 1 heterocycles. The number of hydrogen-bond acceptors (Lipinski definition) is 3. The van der Waals surface area contributed by atoms with E-state index >= 15 is 0 Å². The van der Waals surface area contributed by atoms with Gasteiger partial charge in [0.1, 0.15) is 5.75 Å². The first-order chi connectivity index (χ1) is 11.1. The number of esters is 1. The Kier molecular flexibility index (Phi) is 4.06. The highest BCUT2D eigenvalue weighted by atomic mass is 16.5. The second kappa shape index (κ2) is 6.32. The zero-order valence-corrected chi connectivity index (χ0v) is 12.6. The summed E-state index contributed by atoms with van der Waals surface area (Å²) in [6.07, 6.45) is 3.59. The Morgan fingerprint density at radius 2 is 1.78 bits per heavy atom. The van der Waals surface area contributed by atoms with E-state index in [0.717, 1.165) is 11.1 Å². The van der Waals surface area contributed by atoms with Crippen LogP contribution in [0.4, 0.5) is 0 Å². The van der Waals surface area contributed by atoms with Crippen LogP contribution in [0.3, 0.4) is 0 Å². The Morgan fingerprint density at radius 1 is 1.04 bits per heavy atom. The number of pyridine rings is 1. The highest BCUT2D eigenvalue weighted by molar-refractivity contribution is 5.81. The molecular weight excluding hydrogens is 290 g/mol. The Morgan fingerprint density at radius 3 is 2.61 bits per heavy atom. The van der Waals surface area contributed by atoms with Crippen molar-refractivity contribution in [3.05, 3.63) is 76.1 Å². The maximum absolute atomic E-state index is 12.1. The van der Waals surface area contributed by atoms with E-state index < -0.39 is 0 Å². The summed E-state index contributed by atoms with van der Waals surface area (Å²) < 4.78 is 5.17. The van der Waals surface area contributed by atoms with Crippen LogP contribution in [0.1, 0.15) is 18.2 Å². The average molecular weight is 305 g/mol. The van der Waals surface area contributed by atoms with E-state index in [0.29, 0.717) is 16.8 Å². The molecule has 0 aliphatic carbocycles. The molecule has 0 saturated heterocycles. The standard InChI is InChI=1S/C19H15NO3/c1-13(21)23-19-9-5-2-6-14(19)10-11-15-12-18(22)16-7-3-4-8-17(16)20-15/h2-12H,1H3,(H,20,22)/b11-10+. The highest BCUT2D eigenvalue weighted by Crippen LogP contribution is 2.20. The maximum Gasteiger partial charge on any atom is 0.308 e. The van der Waals surface area contributed by atoms with Crippen molar-refractivity contribution >= 4 is 29.0 Å². The van der Waals surface area contributed by atoms with Crippen LogP contribution >= 0.6 is 0 Å². The summed E-state index contributed by atoms with van der Waals surface area (Å²) in [6, 6.07) is 16.1. The minimum Gasteiger partial charge on any atom is -0.426 e. The van der Waals surface area contributed by atoms with E-state index in [1.165, 1.54) is 6.92 Å². The summed E-state index contributed by atoms with van der Waals surface area (Å²) in [4.78, 5) is 26.4. The van der Waals surface area contributed by atoms with Crippen LogP contribution < -0.4 is 10.2 Å². The Hall–Kier alpha value is -3.14. The van der Waals surface area contributed by atoms with Gasteiger partial charge in [-0.2, -0.15) is 0 Å². The molecule has 0 amide bonds. The molecule has 0 radical (unpaired) electrons. The topological polar surface area (TPSA) is 59.2 Å². The molecule has 0 aliphatic heterocycles. The summed E-state index contributed by atoms with van der Waals surface area (Å²) in [5.74, 6) is 0.115. The lowest BCUT2D eigenvalue weighted by molar-refractivity contribution is -0.131. The zero-order valence-electron chi connectivity index (χ0n) is 12.6. The normalized spacial score (nSPS) is 11.0. The first kappa shape index (κ1) is 14.8. The number of aromatic nitrogens is 1. The van der Waals surface area contributed by atoms with E-state index in [9.17, 15) is 9.59 Å². The number of nitrogens with one attached hydrogen (secondary N) is 1. The summed E-state index contributed by atoms with van der Waals surface area (Å²) in [6.45, 7) is 1.36. The molecule has 114 valence electrons. The molecule has 0 spiro atoms. The van der Waals surface area contributed by atoms with Crippen LogP contribution in [0.15, 0.2) is 59.4 Å². The fourth-order valence-electron chi connectivity index (χ4n) is 2.35. The number of hydrogen-bond donors (Lipinski definition) is 1. The van der Waals surface area contributed by atoms with Gasteiger partial charge in [-0.05, 0) is 30.4 Å². The minimum absolute atomic E-state index is 0.0349. The van der Waals surface area contributed by atoms with E-state index in [4.69, 9.17) is 4.74 Å². The summed E-state index contributed by atoms with van der Waals surface area (Å²) in [5.41, 5.74) is 2.20. The lowest BCUT2D eigenvalue weighted by Gasteiger charge is -2.05. The largest absolute Gasteiger partial charge is 0.426 e. The molecule has 2 aromatic carbocycles. The van der Waals surface area contributed by atoms with Gasteiger partial charge >= 0.3 is 5.97 Å². The molecule has 23 heavy (non-hydrogen) atoms. The van der Waals surface area contributed by atoms with Gasteiger partial charge in [-0.1, -0.05) is 30.3 Å². The molecule has 0 saturated carbocycles. The Bertz CT molecular complexity index is 954. The predicted octanol–water partition coefficient (Wildman–Crippen LogP) is 3.62. The number of rotatable bonds is 3. The van der Waals surface area contributed by atoms with Crippen LogP contribution in [0.2, 0.25) is 0 Å². The fraction of sp³-hybridized carbons (Fsp3) is 0.0526. The fourth-order valence-corrected chi connectivity index (χ4v) is 2.35. The summed E-state index contributed by atoms with van der Waals surface area (Å²) >= 11 is 0. The van der Waals surface area contributed by atoms with Gasteiger partial charge in [0.25, 0.3) is 0 Å². The van der Waals surface area contributed by atoms with E-state index in [1.54, 1.807) is 36.4 Å². The van der Waals surface area contributed by atoms with Crippen molar-refractivity contribution in [1.29, 1.82) is 0 Å². The Labute approximate surface area is 133 Å². The molecule has 0 unspecified atom stereocenters. The van der Waals surface area contributed by atoms with Crippen molar-refractivity contribution in [2.75, 3.05) is 0 Å². The van der Waals surface area contributed by atoms with Gasteiger partial charge in [-0.3, -0.25) is 9.59 Å². The van der Waals surface area contributed by atoms with Gasteiger partial charge in [0, 0.05) is 35.2 Å². The molecular formula is C19H15NO3. The molecule has 0 fully saturated rings. The van der Waals surface area contributed by atoms with Crippen molar-refractivity contribution < 1.29 is 9.53 Å². The van der Waals surface area contributed by atoms with E-state index in [1.807, 2.05) is 30.3 Å². The monoisotopic (exact) mass is 305 g/mol. The first-order valence-electron chi connectivity index (χ1n) is 7.21. The number of carbonyl (C=O) groups excluding carboxylic acids is 1. The minimum atomic E-state index is -0.370. The summed E-state index contributed by atoms with van der Waals surface area (Å²) in [7, 11) is 0. The van der Waals surface area contributed by atoms with Crippen LogP contribution in [0, 0.1) is 0 Å². The molecule has 1 aromatic heterocycles. The van der Waals surface area contributed by atoms with Gasteiger partial charge in [0.05, 0.1) is 0 Å². The van der Waals surface area contributed by atoms with Crippen LogP contribution in [0.25, 0.3) is 23.1 Å². The van der Waals surface area contributed by atoms with Crippen molar-refractivity contribution in [3.63, 3.8) is 0 Å². The van der Waals surface area contributed by atoms with E-state index in [-0.39, 0.29) is 11.4 Å². The third kappa shape index (κ3) is 3.37. The first-order valence-corrected chi connectivity index (χ1v) is 7.21. The molecule has 3 aromatic rings. The third-order valence-corrected chi connectivity index (χ3v) is 3.37. The quantitative estimate of drug-likeness (QED) is 0.594. The van der Waals surface area contributed by atoms with Crippen LogP contribution in [-0.2, 0) is 4.79 Å².